The van der Waals surface area contributed by atoms with Gasteiger partial charge >= 0.3 is 0 Å². The van der Waals surface area contributed by atoms with Crippen molar-refractivity contribution in [2.45, 2.75) is 4.90 Å². The first-order chi connectivity index (χ1) is 9.77. The number of sulfone groups is 1. The second-order valence-electron chi connectivity index (χ2n) is 4.22. The van der Waals surface area contributed by atoms with Crippen LogP contribution in [-0.4, -0.2) is 25.6 Å². The number of rotatable bonds is 3. The van der Waals surface area contributed by atoms with Crippen LogP contribution in [-0.2, 0) is 9.84 Å². The zero-order chi connectivity index (χ0) is 15.6. The number of nitrogens with zero attached hydrogens (tertiary/aromatic N) is 1. The second kappa shape index (κ2) is 5.57. The van der Waals surface area contributed by atoms with Crippen molar-refractivity contribution in [2.75, 3.05) is 11.6 Å². The standard InChI is InChI=1S/C13H10F2N2O3S/c1-21(19,20)9-4-2-8(3-5-9)13(18)16-10-6-7-11(14)17-12(10)15/h2-7H,1H3,(H,16,18). The molecule has 2 aromatic rings. The number of aromatic nitrogens is 1. The van der Waals surface area contributed by atoms with Crippen LogP contribution in [0.25, 0.3) is 0 Å². The summed E-state index contributed by atoms with van der Waals surface area (Å²) in [5, 5.41) is 2.22. The Morgan fingerprint density at radius 2 is 1.71 bits per heavy atom. The van der Waals surface area contributed by atoms with Crippen LogP contribution < -0.4 is 5.32 Å². The van der Waals surface area contributed by atoms with Gasteiger partial charge in [-0.05, 0) is 36.4 Å². The van der Waals surface area contributed by atoms with Gasteiger partial charge in [0.1, 0.15) is 0 Å². The van der Waals surface area contributed by atoms with Gasteiger partial charge in [-0.1, -0.05) is 0 Å². The Hall–Kier alpha value is -2.35. The number of hydrogen-bond donors (Lipinski definition) is 1. The van der Waals surface area contributed by atoms with E-state index in [1.54, 1.807) is 0 Å². The highest BCUT2D eigenvalue weighted by molar-refractivity contribution is 7.90. The average Bonchev–Trinajstić information content (AvgIpc) is 2.41. The van der Waals surface area contributed by atoms with E-state index in [0.29, 0.717) is 0 Å². The lowest BCUT2D eigenvalue weighted by molar-refractivity contribution is 0.102. The third-order valence-corrected chi connectivity index (χ3v) is 3.74. The highest BCUT2D eigenvalue weighted by atomic mass is 32.2. The minimum atomic E-state index is -3.36. The van der Waals surface area contributed by atoms with Crippen LogP contribution in [0.5, 0.6) is 0 Å². The van der Waals surface area contributed by atoms with Crippen molar-refractivity contribution >= 4 is 21.4 Å². The van der Waals surface area contributed by atoms with Gasteiger partial charge in [-0.3, -0.25) is 4.79 Å². The normalized spacial score (nSPS) is 11.2. The molecule has 0 saturated carbocycles. The number of carbonyl (C=O) groups excluding carboxylic acids is 1. The molecule has 1 aromatic carbocycles. The molecule has 0 radical (unpaired) electrons. The molecule has 8 heteroatoms. The van der Waals surface area contributed by atoms with Crippen LogP contribution in [0, 0.1) is 11.9 Å². The molecular weight excluding hydrogens is 302 g/mol. The van der Waals surface area contributed by atoms with Gasteiger partial charge in [0.2, 0.25) is 11.9 Å². The molecule has 0 aliphatic rings. The third kappa shape index (κ3) is 3.60. The van der Waals surface area contributed by atoms with Crippen molar-refractivity contribution in [2.24, 2.45) is 0 Å². The SMILES string of the molecule is CS(=O)(=O)c1ccc(C(=O)Nc2ccc(F)nc2F)cc1. The molecule has 1 aromatic heterocycles. The third-order valence-electron chi connectivity index (χ3n) is 2.61. The van der Waals surface area contributed by atoms with E-state index in [1.807, 2.05) is 0 Å². The molecule has 5 nitrogen and oxygen atoms in total. The van der Waals surface area contributed by atoms with Crippen molar-refractivity contribution in [1.29, 1.82) is 0 Å². The van der Waals surface area contributed by atoms with E-state index >= 15 is 0 Å². The number of benzene rings is 1. The smallest absolute Gasteiger partial charge is 0.255 e. The molecule has 0 saturated heterocycles. The van der Waals surface area contributed by atoms with Gasteiger partial charge in [-0.25, -0.2) is 8.42 Å². The lowest BCUT2D eigenvalue weighted by Crippen LogP contribution is -2.14. The first kappa shape index (κ1) is 15.0. The van der Waals surface area contributed by atoms with Crippen molar-refractivity contribution < 1.29 is 22.0 Å². The van der Waals surface area contributed by atoms with Gasteiger partial charge in [0, 0.05) is 11.8 Å². The monoisotopic (exact) mass is 312 g/mol. The Balaban J connectivity index is 2.21. The summed E-state index contributed by atoms with van der Waals surface area (Å²) in [7, 11) is -3.36. The zero-order valence-corrected chi connectivity index (χ0v) is 11.6. The van der Waals surface area contributed by atoms with E-state index in [9.17, 15) is 22.0 Å². The number of carbonyl (C=O) groups is 1. The zero-order valence-electron chi connectivity index (χ0n) is 10.8. The molecule has 21 heavy (non-hydrogen) atoms. The lowest BCUT2D eigenvalue weighted by atomic mass is 10.2. The molecule has 0 atom stereocenters. The number of halogens is 2. The van der Waals surface area contributed by atoms with Gasteiger partial charge in [-0.15, -0.1) is 0 Å². The minimum Gasteiger partial charge on any atom is -0.318 e. The van der Waals surface area contributed by atoms with E-state index in [4.69, 9.17) is 0 Å². The molecule has 0 unspecified atom stereocenters. The molecule has 0 spiro atoms. The first-order valence-corrected chi connectivity index (χ1v) is 7.60. The topological polar surface area (TPSA) is 76.1 Å². The number of amides is 1. The van der Waals surface area contributed by atoms with Gasteiger partial charge in [0.15, 0.2) is 9.84 Å². The van der Waals surface area contributed by atoms with Crippen molar-refractivity contribution in [3.63, 3.8) is 0 Å². The second-order valence-corrected chi connectivity index (χ2v) is 6.24. The van der Waals surface area contributed by atoms with E-state index in [0.717, 1.165) is 18.4 Å². The van der Waals surface area contributed by atoms with Gasteiger partial charge in [0.25, 0.3) is 5.91 Å². The fraction of sp³-hybridized carbons (Fsp3) is 0.0769. The van der Waals surface area contributed by atoms with E-state index < -0.39 is 27.6 Å². The molecular formula is C13H10F2N2O3S. The quantitative estimate of drug-likeness (QED) is 0.880. The average molecular weight is 312 g/mol. The number of nitrogens with one attached hydrogen (secondary N) is 1. The highest BCUT2D eigenvalue weighted by Gasteiger charge is 2.12. The van der Waals surface area contributed by atoms with Gasteiger partial charge in [-0.2, -0.15) is 13.8 Å². The Morgan fingerprint density at radius 1 is 1.10 bits per heavy atom. The molecule has 2 rings (SSSR count). The van der Waals surface area contributed by atoms with Crippen LogP contribution >= 0.6 is 0 Å². The number of hydrogen-bond acceptors (Lipinski definition) is 4. The maximum atomic E-state index is 13.3. The maximum Gasteiger partial charge on any atom is 0.255 e. The number of anilines is 1. The lowest BCUT2D eigenvalue weighted by Gasteiger charge is -2.06. The fourth-order valence-electron chi connectivity index (χ4n) is 1.55. The molecule has 110 valence electrons. The summed E-state index contributed by atoms with van der Waals surface area (Å²) in [6.07, 6.45) is 1.04. The first-order valence-electron chi connectivity index (χ1n) is 5.71. The molecule has 0 aliphatic carbocycles. The summed E-state index contributed by atoms with van der Waals surface area (Å²) < 4.78 is 48.5. The fourth-order valence-corrected chi connectivity index (χ4v) is 2.18. The summed E-state index contributed by atoms with van der Waals surface area (Å²) in [6.45, 7) is 0. The molecule has 1 heterocycles. The van der Waals surface area contributed by atoms with Crippen molar-refractivity contribution in [3.05, 3.63) is 53.9 Å². The van der Waals surface area contributed by atoms with Gasteiger partial charge in [0.05, 0.1) is 10.6 Å². The summed E-state index contributed by atoms with van der Waals surface area (Å²) in [5.41, 5.74) is -0.139. The van der Waals surface area contributed by atoms with Crippen LogP contribution in [0.1, 0.15) is 10.4 Å². The Morgan fingerprint density at radius 3 is 2.24 bits per heavy atom. The van der Waals surface area contributed by atoms with E-state index in [2.05, 4.69) is 10.3 Å². The Bertz CT molecular complexity index is 790. The van der Waals surface area contributed by atoms with Crippen LogP contribution in [0.15, 0.2) is 41.3 Å². The predicted octanol–water partition coefficient (Wildman–Crippen LogP) is 2.02. The molecule has 0 aliphatic heterocycles. The molecule has 0 fully saturated rings. The van der Waals surface area contributed by atoms with Gasteiger partial charge < -0.3 is 5.32 Å². The highest BCUT2D eigenvalue weighted by Crippen LogP contribution is 2.15. The number of pyridine rings is 1. The van der Waals surface area contributed by atoms with Crippen LogP contribution in [0.4, 0.5) is 14.5 Å². The predicted molar refractivity (Wildman–Crippen MR) is 71.7 cm³/mol. The maximum absolute atomic E-state index is 13.3. The van der Waals surface area contributed by atoms with Crippen molar-refractivity contribution in [1.82, 2.24) is 4.98 Å². The van der Waals surface area contributed by atoms with Crippen molar-refractivity contribution in [3.8, 4) is 0 Å². The van der Waals surface area contributed by atoms with Crippen LogP contribution in [0.2, 0.25) is 0 Å². The summed E-state index contributed by atoms with van der Waals surface area (Å²) in [4.78, 5) is 14.9. The van der Waals surface area contributed by atoms with E-state index in [-0.39, 0.29) is 16.1 Å². The summed E-state index contributed by atoms with van der Waals surface area (Å²) in [5.74, 6) is -2.80. The van der Waals surface area contributed by atoms with E-state index in [1.165, 1.54) is 24.3 Å². The minimum absolute atomic E-state index is 0.0636. The largest absolute Gasteiger partial charge is 0.318 e. The summed E-state index contributed by atoms with van der Waals surface area (Å²) in [6, 6.07) is 7.07. The molecule has 1 N–H and O–H groups in total. The van der Waals surface area contributed by atoms with Crippen LogP contribution in [0.3, 0.4) is 0 Å². The molecule has 1 amide bonds. The molecule has 0 bridgehead atoms. The summed E-state index contributed by atoms with van der Waals surface area (Å²) >= 11 is 0. The Kier molecular flexibility index (Phi) is 3.99. The Labute approximate surface area is 119 Å².